The van der Waals surface area contributed by atoms with E-state index in [-0.39, 0.29) is 24.6 Å². The zero-order valence-electron chi connectivity index (χ0n) is 21.7. The van der Waals surface area contributed by atoms with Crippen LogP contribution in [0.1, 0.15) is 11.1 Å². The molecule has 3 aromatic carbocycles. The maximum Gasteiger partial charge on any atom is 0.123 e. The Kier molecular flexibility index (Phi) is 9.40. The van der Waals surface area contributed by atoms with Crippen LogP contribution in [0.25, 0.3) is 0 Å². The number of halogens is 3. The molecule has 0 radical (unpaired) electrons. The normalized spacial score (nSPS) is 24.0. The van der Waals surface area contributed by atoms with E-state index in [2.05, 4.69) is 14.7 Å². The zero-order chi connectivity index (χ0) is 27.4. The van der Waals surface area contributed by atoms with E-state index in [4.69, 9.17) is 27.9 Å². The molecular formula is C30H34Cl2FN3O3. The molecule has 5 rings (SSSR count). The molecule has 2 N–H and O–H groups in total. The number of ether oxygens (including phenoxy) is 1. The topological polar surface area (TPSA) is 59.4 Å². The molecule has 4 atom stereocenters. The van der Waals surface area contributed by atoms with Crippen LogP contribution in [0.3, 0.4) is 0 Å². The molecule has 2 aliphatic heterocycles. The summed E-state index contributed by atoms with van der Waals surface area (Å²) in [4.78, 5) is 6.76. The second-order valence-electron chi connectivity index (χ2n) is 10.3. The minimum Gasteiger partial charge on any atom is -0.394 e. The summed E-state index contributed by atoms with van der Waals surface area (Å²) in [7, 11) is 0. The van der Waals surface area contributed by atoms with Gasteiger partial charge in [0, 0.05) is 61.5 Å². The highest BCUT2D eigenvalue weighted by Gasteiger charge is 2.47. The van der Waals surface area contributed by atoms with Gasteiger partial charge in [-0.2, -0.15) is 0 Å². The van der Waals surface area contributed by atoms with Crippen molar-refractivity contribution in [3.8, 4) is 0 Å². The van der Waals surface area contributed by atoms with E-state index in [1.165, 1.54) is 12.1 Å². The number of benzene rings is 3. The fourth-order valence-corrected chi connectivity index (χ4v) is 6.16. The van der Waals surface area contributed by atoms with Gasteiger partial charge in [0.05, 0.1) is 18.8 Å². The second kappa shape index (κ2) is 13.0. The molecule has 0 aliphatic carbocycles. The predicted octanol–water partition coefficient (Wildman–Crippen LogP) is 4.45. The van der Waals surface area contributed by atoms with Gasteiger partial charge in [-0.05, 0) is 59.7 Å². The predicted molar refractivity (Wildman–Crippen MR) is 153 cm³/mol. The van der Waals surface area contributed by atoms with Gasteiger partial charge in [-0.3, -0.25) is 9.80 Å². The number of hydrogen-bond donors (Lipinski definition) is 2. The monoisotopic (exact) mass is 573 g/mol. The van der Waals surface area contributed by atoms with Crippen molar-refractivity contribution < 1.29 is 19.3 Å². The molecule has 3 aromatic rings. The Morgan fingerprint density at radius 1 is 0.846 bits per heavy atom. The van der Waals surface area contributed by atoms with E-state index in [0.717, 1.165) is 43.0 Å². The number of piperazine rings is 1. The summed E-state index contributed by atoms with van der Waals surface area (Å²) in [6, 6.07) is 21.9. The summed E-state index contributed by atoms with van der Waals surface area (Å²) in [5.41, 5.74) is 3.13. The maximum atomic E-state index is 13.4. The standard InChI is InChI=1S/C30H34Cl2FN3O3/c31-23-5-1-3-21(15-23)17-34(18-22-4-2-6-24(32)16-22)19-27-29(30(38)28(20-37)39-27)36-13-11-35(12-14-36)26-9-7-25(33)8-10-26/h1-10,15-16,27-30,37-38H,11-14,17-20H2. The van der Waals surface area contributed by atoms with Crippen molar-refractivity contribution in [1.82, 2.24) is 9.80 Å². The molecule has 4 unspecified atom stereocenters. The molecule has 39 heavy (non-hydrogen) atoms. The Morgan fingerprint density at radius 2 is 1.44 bits per heavy atom. The Bertz CT molecular complexity index is 1180. The van der Waals surface area contributed by atoms with Crippen LogP contribution in [0, 0.1) is 5.82 Å². The highest BCUT2D eigenvalue weighted by atomic mass is 35.5. The number of hydrogen-bond acceptors (Lipinski definition) is 6. The van der Waals surface area contributed by atoms with Crippen LogP contribution in [0.15, 0.2) is 72.8 Å². The summed E-state index contributed by atoms with van der Waals surface area (Å²) >= 11 is 12.5. The number of rotatable bonds is 9. The Morgan fingerprint density at radius 3 is 1.97 bits per heavy atom. The first kappa shape index (κ1) is 28.3. The van der Waals surface area contributed by atoms with Gasteiger partial charge in [0.1, 0.15) is 18.0 Å². The Labute approximate surface area is 239 Å². The first-order valence-electron chi connectivity index (χ1n) is 13.3. The Hall–Kier alpha value is -2.23. The lowest BCUT2D eigenvalue weighted by atomic mass is 10.0. The van der Waals surface area contributed by atoms with Crippen LogP contribution in [-0.4, -0.2) is 83.7 Å². The zero-order valence-corrected chi connectivity index (χ0v) is 23.2. The Balaban J connectivity index is 1.32. The number of aliphatic hydroxyl groups is 2. The maximum absolute atomic E-state index is 13.4. The van der Waals surface area contributed by atoms with Crippen molar-refractivity contribution in [2.75, 3.05) is 44.2 Å². The quantitative estimate of drug-likeness (QED) is 0.394. The van der Waals surface area contributed by atoms with Crippen LogP contribution in [0.5, 0.6) is 0 Å². The average Bonchev–Trinajstić information content (AvgIpc) is 3.23. The van der Waals surface area contributed by atoms with Crippen LogP contribution in [0.2, 0.25) is 10.0 Å². The molecule has 2 heterocycles. The lowest BCUT2D eigenvalue weighted by Crippen LogP contribution is -2.57. The highest BCUT2D eigenvalue weighted by molar-refractivity contribution is 6.30. The van der Waals surface area contributed by atoms with E-state index in [1.807, 2.05) is 48.5 Å². The van der Waals surface area contributed by atoms with E-state index >= 15 is 0 Å². The molecule has 2 saturated heterocycles. The number of anilines is 1. The lowest BCUT2D eigenvalue weighted by molar-refractivity contribution is -0.0325. The molecular weight excluding hydrogens is 540 g/mol. The van der Waals surface area contributed by atoms with E-state index in [1.54, 1.807) is 12.1 Å². The molecule has 2 aliphatic rings. The number of nitrogens with zero attached hydrogens (tertiary/aromatic N) is 3. The van der Waals surface area contributed by atoms with Crippen LogP contribution in [-0.2, 0) is 17.8 Å². The van der Waals surface area contributed by atoms with Crippen molar-refractivity contribution >= 4 is 28.9 Å². The largest absolute Gasteiger partial charge is 0.394 e. The van der Waals surface area contributed by atoms with Crippen molar-refractivity contribution in [2.45, 2.75) is 37.4 Å². The first-order chi connectivity index (χ1) is 18.9. The van der Waals surface area contributed by atoms with Crippen LogP contribution in [0.4, 0.5) is 10.1 Å². The van der Waals surface area contributed by atoms with Gasteiger partial charge in [-0.15, -0.1) is 0 Å². The lowest BCUT2D eigenvalue weighted by Gasteiger charge is -2.42. The first-order valence-corrected chi connectivity index (χ1v) is 14.1. The molecule has 0 aromatic heterocycles. The summed E-state index contributed by atoms with van der Waals surface area (Å²) in [5, 5.41) is 22.5. The minimum absolute atomic E-state index is 0.244. The molecule has 6 nitrogen and oxygen atoms in total. The molecule has 0 saturated carbocycles. The molecule has 0 bridgehead atoms. The molecule has 0 amide bonds. The van der Waals surface area contributed by atoms with Crippen molar-refractivity contribution in [2.24, 2.45) is 0 Å². The average molecular weight is 575 g/mol. The third kappa shape index (κ3) is 7.11. The summed E-state index contributed by atoms with van der Waals surface area (Å²) in [6.07, 6.45) is -1.77. The van der Waals surface area contributed by atoms with E-state index in [9.17, 15) is 14.6 Å². The smallest absolute Gasteiger partial charge is 0.123 e. The van der Waals surface area contributed by atoms with E-state index in [0.29, 0.717) is 29.7 Å². The van der Waals surface area contributed by atoms with Crippen molar-refractivity contribution in [3.05, 3.63) is 99.8 Å². The van der Waals surface area contributed by atoms with Crippen LogP contribution < -0.4 is 4.90 Å². The van der Waals surface area contributed by atoms with Gasteiger partial charge >= 0.3 is 0 Å². The summed E-state index contributed by atoms with van der Waals surface area (Å²) in [5.74, 6) is -0.249. The molecule has 9 heteroatoms. The molecule has 0 spiro atoms. The third-order valence-corrected chi connectivity index (χ3v) is 8.07. The molecule has 208 valence electrons. The van der Waals surface area contributed by atoms with Gasteiger partial charge in [-0.25, -0.2) is 4.39 Å². The van der Waals surface area contributed by atoms with Crippen molar-refractivity contribution in [1.29, 1.82) is 0 Å². The fraction of sp³-hybridized carbons (Fsp3) is 0.400. The highest BCUT2D eigenvalue weighted by Crippen LogP contribution is 2.29. The van der Waals surface area contributed by atoms with Gasteiger partial charge < -0.3 is 19.8 Å². The van der Waals surface area contributed by atoms with E-state index < -0.39 is 12.2 Å². The number of aliphatic hydroxyl groups excluding tert-OH is 2. The fourth-order valence-electron chi connectivity index (χ4n) is 5.74. The summed E-state index contributed by atoms with van der Waals surface area (Å²) in [6.45, 7) is 4.52. The van der Waals surface area contributed by atoms with Gasteiger partial charge in [0.25, 0.3) is 0 Å². The SMILES string of the molecule is OCC1OC(CN(Cc2cccc(Cl)c2)Cc2cccc(Cl)c2)C(N2CCN(c3ccc(F)cc3)CC2)C1O. The van der Waals surface area contributed by atoms with Crippen molar-refractivity contribution in [3.63, 3.8) is 0 Å². The summed E-state index contributed by atoms with van der Waals surface area (Å²) < 4.78 is 19.7. The second-order valence-corrected chi connectivity index (χ2v) is 11.2. The third-order valence-electron chi connectivity index (χ3n) is 7.60. The minimum atomic E-state index is -0.809. The molecule has 2 fully saturated rings. The van der Waals surface area contributed by atoms with Gasteiger partial charge in [0.2, 0.25) is 0 Å². The van der Waals surface area contributed by atoms with Crippen LogP contribution >= 0.6 is 23.2 Å². The van der Waals surface area contributed by atoms with Gasteiger partial charge in [0.15, 0.2) is 0 Å². The van der Waals surface area contributed by atoms with Gasteiger partial charge in [-0.1, -0.05) is 47.5 Å².